The number of esters is 2. The molecule has 2 atom stereocenters. The third-order valence-corrected chi connectivity index (χ3v) is 9.94. The van der Waals surface area contributed by atoms with Crippen LogP contribution in [0.15, 0.2) is 57.4 Å². The van der Waals surface area contributed by atoms with Gasteiger partial charge in [-0.05, 0) is 100 Å². The van der Waals surface area contributed by atoms with E-state index >= 15 is 0 Å². The van der Waals surface area contributed by atoms with Gasteiger partial charge in [-0.2, -0.15) is 9.97 Å². The summed E-state index contributed by atoms with van der Waals surface area (Å²) in [4.78, 5) is 63.6. The Hall–Kier alpha value is -5.08. The molecular formula is C34H34N6O8. The van der Waals surface area contributed by atoms with Gasteiger partial charge in [0.15, 0.2) is 11.2 Å². The molecule has 248 valence electrons. The predicted molar refractivity (Wildman–Crippen MR) is 169 cm³/mol. The van der Waals surface area contributed by atoms with E-state index in [-0.39, 0.29) is 47.2 Å². The fourth-order valence-corrected chi connectivity index (χ4v) is 7.31. The van der Waals surface area contributed by atoms with Crippen LogP contribution in [0.2, 0.25) is 0 Å². The molecule has 0 aliphatic carbocycles. The molecular weight excluding hydrogens is 620 g/mol. The number of hydrogen-bond donors (Lipinski definition) is 2. The summed E-state index contributed by atoms with van der Waals surface area (Å²) >= 11 is 0. The molecule has 14 nitrogen and oxygen atoms in total. The third-order valence-electron chi connectivity index (χ3n) is 9.94. The quantitative estimate of drug-likeness (QED) is 0.211. The van der Waals surface area contributed by atoms with Crippen LogP contribution in [0.5, 0.6) is 12.2 Å². The molecule has 0 saturated carbocycles. The van der Waals surface area contributed by atoms with Gasteiger partial charge < -0.3 is 38.7 Å². The number of amides is 2. The van der Waals surface area contributed by atoms with Crippen molar-refractivity contribution in [1.29, 1.82) is 0 Å². The van der Waals surface area contributed by atoms with E-state index in [1.54, 1.807) is 36.4 Å². The Bertz CT molecular complexity index is 1800. The molecule has 0 radical (unpaired) electrons. The van der Waals surface area contributed by atoms with E-state index in [1.807, 2.05) is 0 Å². The molecule has 6 aliphatic rings. The van der Waals surface area contributed by atoms with Crippen LogP contribution < -0.4 is 20.1 Å². The number of carbonyl (C=O) groups excluding carboxylic acids is 4. The first-order valence-corrected chi connectivity index (χ1v) is 16.3. The SMILES string of the molecule is O=C(/C=C/C(=O)Oc1nc2ccc(C(=O)N[C@H]3CN4CCC3CC4)cc2o1)Oc1nc2ccc(C(=O)N[C@H]3CN4CCC3CC4)cc2o1. The van der Waals surface area contributed by atoms with Gasteiger partial charge in [0.05, 0.1) is 0 Å². The lowest BCUT2D eigenvalue weighted by atomic mass is 9.84. The van der Waals surface area contributed by atoms with Gasteiger partial charge in [0, 0.05) is 48.5 Å². The Morgan fingerprint density at radius 1 is 0.667 bits per heavy atom. The van der Waals surface area contributed by atoms with Gasteiger partial charge in [-0.3, -0.25) is 9.59 Å². The van der Waals surface area contributed by atoms with Gasteiger partial charge >= 0.3 is 24.1 Å². The van der Waals surface area contributed by atoms with E-state index in [0.29, 0.717) is 34.0 Å². The topological polar surface area (TPSA) is 169 Å². The average Bonchev–Trinajstić information content (AvgIpc) is 3.70. The maximum atomic E-state index is 12.9. The van der Waals surface area contributed by atoms with Crippen molar-refractivity contribution in [3.63, 3.8) is 0 Å². The van der Waals surface area contributed by atoms with Crippen molar-refractivity contribution in [2.75, 3.05) is 39.3 Å². The number of oxazole rings is 2. The molecule has 0 spiro atoms. The van der Waals surface area contributed by atoms with Crippen molar-refractivity contribution < 1.29 is 37.5 Å². The van der Waals surface area contributed by atoms with Crippen LogP contribution in [0.4, 0.5) is 0 Å². The van der Waals surface area contributed by atoms with Crippen LogP contribution >= 0.6 is 0 Å². The summed E-state index contributed by atoms with van der Waals surface area (Å²) in [5.74, 6) is -1.28. The Labute approximate surface area is 274 Å². The number of rotatable bonds is 8. The van der Waals surface area contributed by atoms with E-state index in [1.165, 1.54) is 0 Å². The van der Waals surface area contributed by atoms with E-state index in [0.717, 1.165) is 77.1 Å². The number of aromatic nitrogens is 2. The zero-order valence-corrected chi connectivity index (χ0v) is 26.1. The molecule has 48 heavy (non-hydrogen) atoms. The Morgan fingerprint density at radius 3 is 1.46 bits per heavy atom. The van der Waals surface area contributed by atoms with E-state index in [4.69, 9.17) is 18.3 Å². The van der Waals surface area contributed by atoms with E-state index in [2.05, 4.69) is 30.4 Å². The van der Waals surface area contributed by atoms with E-state index < -0.39 is 11.9 Å². The Balaban J connectivity index is 0.847. The molecule has 0 unspecified atom stereocenters. The summed E-state index contributed by atoms with van der Waals surface area (Å²) in [5.41, 5.74) is 2.18. The van der Waals surface area contributed by atoms with Gasteiger partial charge in [-0.25, -0.2) is 9.59 Å². The Kier molecular flexibility index (Phi) is 7.89. The van der Waals surface area contributed by atoms with Gasteiger partial charge in [0.2, 0.25) is 0 Å². The Morgan fingerprint density at radius 2 is 1.08 bits per heavy atom. The highest BCUT2D eigenvalue weighted by Gasteiger charge is 2.36. The third kappa shape index (κ3) is 6.28. The van der Waals surface area contributed by atoms with Crippen molar-refractivity contribution in [3.8, 4) is 12.2 Å². The van der Waals surface area contributed by atoms with Crippen LogP contribution in [0.25, 0.3) is 22.2 Å². The van der Waals surface area contributed by atoms with Gasteiger partial charge in [0.1, 0.15) is 11.0 Å². The van der Waals surface area contributed by atoms with Crippen molar-refractivity contribution in [3.05, 3.63) is 59.7 Å². The van der Waals surface area contributed by atoms with Crippen LogP contribution in [0.1, 0.15) is 46.4 Å². The number of piperidine rings is 6. The van der Waals surface area contributed by atoms with Gasteiger partial charge in [-0.1, -0.05) is 0 Å². The normalized spacial score (nSPS) is 26.2. The monoisotopic (exact) mass is 654 g/mol. The molecule has 4 bridgehead atoms. The molecule has 10 rings (SSSR count). The standard InChI is InChI=1S/C34H34N6O8/c41-29(47-33-37-23-3-1-21(15-27(23)45-33)31(43)35-25-17-39-11-7-19(25)8-12-39)5-6-30(42)48-34-38-24-4-2-22(16-28(24)46-34)32(44)36-26-18-40-13-9-20(26)10-14-40/h1-6,15-16,19-20,25-26H,7-14,17-18H2,(H,35,43)(H,36,44)/b6-5+/t25-,26-/m0/s1. The molecule has 6 fully saturated rings. The number of carbonyl (C=O) groups is 4. The highest BCUT2D eigenvalue weighted by atomic mass is 16.6. The van der Waals surface area contributed by atoms with Crippen LogP contribution in [0, 0.1) is 11.8 Å². The average molecular weight is 655 g/mol. The molecule has 2 amide bonds. The lowest BCUT2D eigenvalue weighted by molar-refractivity contribution is -0.133. The largest absolute Gasteiger partial charge is 0.409 e. The van der Waals surface area contributed by atoms with Gasteiger partial charge in [0.25, 0.3) is 11.8 Å². The second kappa shape index (κ2) is 12.5. The minimum Gasteiger partial charge on any atom is -0.409 e. The first-order chi connectivity index (χ1) is 23.3. The smallest absolute Gasteiger partial charge is 0.402 e. The lowest BCUT2D eigenvalue weighted by Gasteiger charge is -2.44. The minimum atomic E-state index is -0.935. The summed E-state index contributed by atoms with van der Waals surface area (Å²) in [7, 11) is 0. The zero-order chi connectivity index (χ0) is 32.8. The summed E-state index contributed by atoms with van der Waals surface area (Å²) in [5, 5.41) is 6.28. The summed E-state index contributed by atoms with van der Waals surface area (Å²) in [6.45, 7) is 6.05. The zero-order valence-electron chi connectivity index (χ0n) is 26.1. The molecule has 2 aromatic heterocycles. The predicted octanol–water partition coefficient (Wildman–Crippen LogP) is 2.68. The van der Waals surface area contributed by atoms with Crippen LogP contribution in [-0.2, 0) is 9.59 Å². The number of hydrogen-bond acceptors (Lipinski definition) is 12. The summed E-state index contributed by atoms with van der Waals surface area (Å²) < 4.78 is 21.3. The molecule has 4 aromatic rings. The first-order valence-electron chi connectivity index (χ1n) is 16.3. The number of nitrogens with zero attached hydrogens (tertiary/aromatic N) is 4. The number of benzene rings is 2. The van der Waals surface area contributed by atoms with Gasteiger partial charge in [-0.15, -0.1) is 0 Å². The van der Waals surface area contributed by atoms with E-state index in [9.17, 15) is 19.2 Å². The maximum absolute atomic E-state index is 12.9. The van der Waals surface area contributed by atoms with Crippen molar-refractivity contribution in [2.45, 2.75) is 37.8 Å². The van der Waals surface area contributed by atoms with Crippen molar-refractivity contribution >= 4 is 46.0 Å². The van der Waals surface area contributed by atoms with Crippen molar-refractivity contribution in [2.24, 2.45) is 11.8 Å². The lowest BCUT2D eigenvalue weighted by Crippen LogP contribution is -2.57. The second-order valence-corrected chi connectivity index (χ2v) is 12.9. The highest BCUT2D eigenvalue weighted by molar-refractivity contribution is 5.98. The summed E-state index contributed by atoms with van der Waals surface area (Å²) in [6, 6.07) is 9.86. The maximum Gasteiger partial charge on any atom is 0.402 e. The second-order valence-electron chi connectivity index (χ2n) is 12.9. The molecule has 2 aromatic carbocycles. The molecule has 6 aliphatic heterocycles. The molecule has 2 N–H and O–H groups in total. The fourth-order valence-electron chi connectivity index (χ4n) is 7.31. The molecule has 6 saturated heterocycles. The molecule has 14 heteroatoms. The van der Waals surface area contributed by atoms with Crippen molar-refractivity contribution in [1.82, 2.24) is 30.4 Å². The molecule has 8 heterocycles. The number of nitrogens with one attached hydrogen (secondary N) is 2. The summed E-state index contributed by atoms with van der Waals surface area (Å²) in [6.07, 6.45) is 5.38. The highest BCUT2D eigenvalue weighted by Crippen LogP contribution is 2.30. The number of fused-ring (bicyclic) bond motifs is 8. The minimum absolute atomic E-state index is 0.119. The fraction of sp³-hybridized carbons (Fsp3) is 0.412. The van der Waals surface area contributed by atoms with Crippen LogP contribution in [-0.4, -0.2) is 94.9 Å². The number of ether oxygens (including phenoxy) is 2. The van der Waals surface area contributed by atoms with Crippen LogP contribution in [0.3, 0.4) is 0 Å². The first kappa shape index (κ1) is 30.3.